The summed E-state index contributed by atoms with van der Waals surface area (Å²) in [6, 6.07) is 0. The maximum Gasteiger partial charge on any atom is 0.195 e. The minimum Gasteiger partial charge on any atom is -0.385 e. The number of aliphatic hydroxyl groups excluding tert-OH is 1. The first kappa shape index (κ1) is 10.7. The van der Waals surface area contributed by atoms with Gasteiger partial charge in [0.05, 0.1) is 0 Å². The molecule has 3 fully saturated rings. The van der Waals surface area contributed by atoms with E-state index >= 15 is 0 Å². The highest BCUT2D eigenvalue weighted by atomic mass is 16.6. The highest BCUT2D eigenvalue weighted by molar-refractivity contribution is 5.93. The molecule has 1 N–H and O–H groups in total. The molecule has 16 heavy (non-hydrogen) atoms. The Morgan fingerprint density at radius 2 is 1.88 bits per heavy atom. The summed E-state index contributed by atoms with van der Waals surface area (Å²) in [5, 5.41) is 9.76. The molecule has 0 aromatic heterocycles. The van der Waals surface area contributed by atoms with Crippen molar-refractivity contribution in [2.24, 2.45) is 0 Å². The molecule has 0 aromatic carbocycles. The highest BCUT2D eigenvalue weighted by Crippen LogP contribution is 2.50. The van der Waals surface area contributed by atoms with Gasteiger partial charge in [-0.1, -0.05) is 0 Å². The molecule has 2 heterocycles. The van der Waals surface area contributed by atoms with Crippen LogP contribution in [0.4, 0.5) is 0 Å². The van der Waals surface area contributed by atoms with Crippen molar-refractivity contribution in [3.05, 3.63) is 0 Å². The standard InChI is InChI=1S/C12H18O4/c13-9-3-6-11(4-1-7-15-11)12(10(9)14)5-2-8-16-12/h9,13H,1-8H2/t9-,11-,12+/m0/s1. The third kappa shape index (κ3) is 1.18. The van der Waals surface area contributed by atoms with Crippen LogP contribution >= 0.6 is 0 Å². The summed E-state index contributed by atoms with van der Waals surface area (Å²) in [7, 11) is 0. The summed E-state index contributed by atoms with van der Waals surface area (Å²) in [4.78, 5) is 12.3. The molecule has 1 saturated carbocycles. The Kier molecular flexibility index (Phi) is 2.35. The summed E-state index contributed by atoms with van der Waals surface area (Å²) >= 11 is 0. The first-order chi connectivity index (χ1) is 7.70. The van der Waals surface area contributed by atoms with E-state index < -0.39 is 17.3 Å². The molecule has 1 aliphatic carbocycles. The van der Waals surface area contributed by atoms with Gasteiger partial charge in [0.1, 0.15) is 11.7 Å². The third-order valence-electron chi connectivity index (χ3n) is 4.38. The summed E-state index contributed by atoms with van der Waals surface area (Å²) in [5.74, 6) is -0.141. The monoisotopic (exact) mass is 226 g/mol. The lowest BCUT2D eigenvalue weighted by molar-refractivity contribution is -0.202. The van der Waals surface area contributed by atoms with Gasteiger partial charge >= 0.3 is 0 Å². The Bertz CT molecular complexity index is 300. The second-order valence-corrected chi connectivity index (χ2v) is 5.14. The van der Waals surface area contributed by atoms with E-state index in [1.807, 2.05) is 0 Å². The van der Waals surface area contributed by atoms with Gasteiger partial charge in [0, 0.05) is 13.2 Å². The molecule has 3 rings (SSSR count). The number of hydrogen-bond donors (Lipinski definition) is 1. The maximum atomic E-state index is 12.3. The van der Waals surface area contributed by atoms with Crippen molar-refractivity contribution in [3.8, 4) is 0 Å². The Balaban J connectivity index is 2.01. The lowest BCUT2D eigenvalue weighted by atomic mass is 9.67. The van der Waals surface area contributed by atoms with Gasteiger partial charge in [-0.2, -0.15) is 0 Å². The number of rotatable bonds is 0. The lowest BCUT2D eigenvalue weighted by Crippen LogP contribution is -2.64. The van der Waals surface area contributed by atoms with Crippen LogP contribution in [0.25, 0.3) is 0 Å². The number of ether oxygens (including phenoxy) is 2. The van der Waals surface area contributed by atoms with Crippen LogP contribution in [-0.4, -0.2) is 41.4 Å². The van der Waals surface area contributed by atoms with E-state index in [-0.39, 0.29) is 5.78 Å². The van der Waals surface area contributed by atoms with Crippen molar-refractivity contribution in [1.29, 1.82) is 0 Å². The number of hydrogen-bond acceptors (Lipinski definition) is 4. The van der Waals surface area contributed by atoms with Crippen LogP contribution in [0, 0.1) is 0 Å². The number of Topliss-reactive ketones (excluding diaryl/α,β-unsaturated/α-hetero) is 1. The third-order valence-corrected chi connectivity index (χ3v) is 4.38. The molecule has 90 valence electrons. The molecule has 0 bridgehead atoms. The zero-order chi connectivity index (χ0) is 11.2. The van der Waals surface area contributed by atoms with Crippen LogP contribution in [0.15, 0.2) is 0 Å². The van der Waals surface area contributed by atoms with Gasteiger partial charge in [-0.25, -0.2) is 0 Å². The van der Waals surface area contributed by atoms with Crippen molar-refractivity contribution >= 4 is 5.78 Å². The Morgan fingerprint density at radius 1 is 1.12 bits per heavy atom. The van der Waals surface area contributed by atoms with Gasteiger partial charge < -0.3 is 14.6 Å². The van der Waals surface area contributed by atoms with Gasteiger partial charge in [-0.05, 0) is 38.5 Å². The molecular formula is C12H18O4. The van der Waals surface area contributed by atoms with Gasteiger partial charge in [-0.3, -0.25) is 4.79 Å². The molecule has 3 aliphatic rings. The van der Waals surface area contributed by atoms with E-state index in [4.69, 9.17) is 9.47 Å². The Morgan fingerprint density at radius 3 is 2.50 bits per heavy atom. The minimum atomic E-state index is -0.854. The smallest absolute Gasteiger partial charge is 0.195 e. The molecular weight excluding hydrogens is 208 g/mol. The summed E-state index contributed by atoms with van der Waals surface area (Å²) in [5.41, 5.74) is -1.26. The molecule has 2 aliphatic heterocycles. The van der Waals surface area contributed by atoms with Crippen LogP contribution in [0.3, 0.4) is 0 Å². The highest BCUT2D eigenvalue weighted by Gasteiger charge is 2.64. The fraction of sp³-hybridized carbons (Fsp3) is 0.917. The minimum absolute atomic E-state index is 0.141. The second-order valence-electron chi connectivity index (χ2n) is 5.14. The maximum absolute atomic E-state index is 12.3. The van der Waals surface area contributed by atoms with E-state index in [0.717, 1.165) is 25.7 Å². The van der Waals surface area contributed by atoms with E-state index in [1.165, 1.54) is 0 Å². The second kappa shape index (κ2) is 3.52. The van der Waals surface area contributed by atoms with Crippen molar-refractivity contribution in [2.45, 2.75) is 55.8 Å². The first-order valence-electron chi connectivity index (χ1n) is 6.21. The Hall–Kier alpha value is -0.450. The molecule has 4 nitrogen and oxygen atoms in total. The van der Waals surface area contributed by atoms with E-state index in [1.54, 1.807) is 0 Å². The van der Waals surface area contributed by atoms with Crippen molar-refractivity contribution in [1.82, 2.24) is 0 Å². The van der Waals surface area contributed by atoms with Gasteiger partial charge in [0.15, 0.2) is 11.4 Å². The molecule has 0 amide bonds. The summed E-state index contributed by atoms with van der Waals surface area (Å²) < 4.78 is 11.6. The first-order valence-corrected chi connectivity index (χ1v) is 6.21. The molecule has 4 heteroatoms. The molecule has 2 spiro atoms. The predicted octanol–water partition coefficient (Wildman–Crippen LogP) is 0.809. The zero-order valence-corrected chi connectivity index (χ0v) is 9.41. The number of fused-ring (bicyclic) bond motifs is 1. The van der Waals surface area contributed by atoms with Gasteiger partial charge in [0.2, 0.25) is 0 Å². The van der Waals surface area contributed by atoms with E-state index in [9.17, 15) is 9.90 Å². The molecule has 2 saturated heterocycles. The summed E-state index contributed by atoms with van der Waals surface area (Å²) in [6.45, 7) is 1.33. The largest absolute Gasteiger partial charge is 0.385 e. The van der Waals surface area contributed by atoms with Crippen LogP contribution in [0.1, 0.15) is 38.5 Å². The topological polar surface area (TPSA) is 55.8 Å². The molecule has 0 radical (unpaired) electrons. The number of ketones is 1. The average Bonchev–Trinajstić information content (AvgIpc) is 2.93. The van der Waals surface area contributed by atoms with Crippen molar-refractivity contribution < 1.29 is 19.4 Å². The lowest BCUT2D eigenvalue weighted by Gasteiger charge is -2.48. The van der Waals surface area contributed by atoms with E-state index in [0.29, 0.717) is 26.1 Å². The Labute approximate surface area is 94.9 Å². The molecule has 3 atom stereocenters. The SMILES string of the molecule is O=C1[C@@H](O)CC[C@@]2(CCCO2)[C@@]12CCCO2. The van der Waals surface area contributed by atoms with Crippen LogP contribution < -0.4 is 0 Å². The van der Waals surface area contributed by atoms with Crippen LogP contribution in [0.5, 0.6) is 0 Å². The van der Waals surface area contributed by atoms with Crippen LogP contribution in [-0.2, 0) is 14.3 Å². The van der Waals surface area contributed by atoms with Gasteiger partial charge in [-0.15, -0.1) is 0 Å². The number of carbonyl (C=O) groups excluding carboxylic acids is 1. The predicted molar refractivity (Wildman–Crippen MR) is 56.1 cm³/mol. The number of aliphatic hydroxyl groups is 1. The van der Waals surface area contributed by atoms with Crippen molar-refractivity contribution in [3.63, 3.8) is 0 Å². The summed E-state index contributed by atoms with van der Waals surface area (Å²) in [6.07, 6.45) is 3.91. The van der Waals surface area contributed by atoms with Crippen molar-refractivity contribution in [2.75, 3.05) is 13.2 Å². The zero-order valence-electron chi connectivity index (χ0n) is 9.41. The fourth-order valence-electron chi connectivity index (χ4n) is 3.60. The normalized spacial score (nSPS) is 48.3. The molecule has 0 aromatic rings. The molecule has 0 unspecified atom stereocenters. The fourth-order valence-corrected chi connectivity index (χ4v) is 3.60. The average molecular weight is 226 g/mol. The van der Waals surface area contributed by atoms with E-state index in [2.05, 4.69) is 0 Å². The number of carbonyl (C=O) groups is 1. The van der Waals surface area contributed by atoms with Crippen LogP contribution in [0.2, 0.25) is 0 Å². The quantitative estimate of drug-likeness (QED) is 0.664. The van der Waals surface area contributed by atoms with Gasteiger partial charge in [0.25, 0.3) is 0 Å².